The minimum absolute atomic E-state index is 0.00632. The zero-order valence-corrected chi connectivity index (χ0v) is 19.9. The summed E-state index contributed by atoms with van der Waals surface area (Å²) in [6.45, 7) is 0. The predicted octanol–water partition coefficient (Wildman–Crippen LogP) is 6.39. The quantitative estimate of drug-likeness (QED) is 0.259. The van der Waals surface area contributed by atoms with Crippen molar-refractivity contribution < 1.29 is 24.1 Å². The van der Waals surface area contributed by atoms with E-state index in [1.165, 1.54) is 41.2 Å². The third kappa shape index (κ3) is 3.90. The number of ether oxygens (including phenoxy) is 1. The lowest BCUT2D eigenvalue weighted by Gasteiger charge is -2.11. The summed E-state index contributed by atoms with van der Waals surface area (Å²) >= 11 is 7.46. The molecule has 0 aliphatic carbocycles. The van der Waals surface area contributed by atoms with Crippen molar-refractivity contribution in [2.45, 2.75) is 6.42 Å². The van der Waals surface area contributed by atoms with E-state index in [2.05, 4.69) is 4.98 Å². The van der Waals surface area contributed by atoms with Crippen LogP contribution in [0.3, 0.4) is 0 Å². The van der Waals surface area contributed by atoms with Crippen LogP contribution in [-0.2, 0) is 6.42 Å². The number of methoxy groups -OCH3 is 1. The van der Waals surface area contributed by atoms with Crippen LogP contribution in [0.25, 0.3) is 26.6 Å². The van der Waals surface area contributed by atoms with E-state index in [1.807, 2.05) is 0 Å². The summed E-state index contributed by atoms with van der Waals surface area (Å²) in [6.07, 6.45) is -0.145. The molecule has 0 spiro atoms. The average Bonchev–Trinajstić information content (AvgIpc) is 3.39. The van der Waals surface area contributed by atoms with Gasteiger partial charge in [-0.1, -0.05) is 59.3 Å². The molecule has 9 heteroatoms. The molecule has 2 N–H and O–H groups in total. The summed E-state index contributed by atoms with van der Waals surface area (Å²) in [5.41, 5.74) is 0.870. The second-order valence-corrected chi connectivity index (χ2v) is 9.12. The number of aromatic hydroxyl groups is 2. The maximum absolute atomic E-state index is 15.0. The van der Waals surface area contributed by atoms with Gasteiger partial charge in [0, 0.05) is 17.5 Å². The largest absolute Gasteiger partial charge is 0.503 e. The van der Waals surface area contributed by atoms with Gasteiger partial charge in [-0.15, -0.1) is 0 Å². The first-order chi connectivity index (χ1) is 16.9. The van der Waals surface area contributed by atoms with Crippen molar-refractivity contribution in [3.63, 3.8) is 0 Å². The molecule has 35 heavy (non-hydrogen) atoms. The maximum Gasteiger partial charge on any atom is 0.242 e. The highest BCUT2D eigenvalue weighted by molar-refractivity contribution is 7.21. The van der Waals surface area contributed by atoms with Crippen molar-refractivity contribution in [2.75, 3.05) is 7.11 Å². The minimum atomic E-state index is -0.659. The standard InChI is InChI=1S/C26H18ClFN2O4S/c1-34-19-11-5-2-7-14(19)13-18(31)21-23(15-8-3-4-10-17(15)28)30(25(33)24(21)32)26-29-22-16(27)9-6-12-20(22)35-26/h2-12,32-33H,13H2,1H3. The van der Waals surface area contributed by atoms with Gasteiger partial charge < -0.3 is 14.9 Å². The number of carbonyl (C=O) groups excluding carboxylic acids is 1. The molecule has 0 unspecified atom stereocenters. The number of halogens is 2. The van der Waals surface area contributed by atoms with Crippen LogP contribution in [0, 0.1) is 5.82 Å². The minimum Gasteiger partial charge on any atom is -0.503 e. The number of aromatic nitrogens is 2. The van der Waals surface area contributed by atoms with E-state index in [9.17, 15) is 15.0 Å². The number of benzene rings is 3. The van der Waals surface area contributed by atoms with Crippen LogP contribution < -0.4 is 4.74 Å². The number of thiazole rings is 1. The summed E-state index contributed by atoms with van der Waals surface area (Å²) in [4.78, 5) is 18.0. The summed E-state index contributed by atoms with van der Waals surface area (Å²) in [7, 11) is 1.49. The van der Waals surface area contributed by atoms with Gasteiger partial charge in [0.2, 0.25) is 5.88 Å². The van der Waals surface area contributed by atoms with E-state index in [-0.39, 0.29) is 28.4 Å². The SMILES string of the molecule is COc1ccccc1CC(=O)c1c(O)c(O)n(-c2nc3c(Cl)cccc3s2)c1-c1ccccc1F. The lowest BCUT2D eigenvalue weighted by atomic mass is 9.98. The van der Waals surface area contributed by atoms with Gasteiger partial charge >= 0.3 is 0 Å². The molecule has 0 aliphatic heterocycles. The van der Waals surface area contributed by atoms with E-state index in [1.54, 1.807) is 48.5 Å². The van der Waals surface area contributed by atoms with Crippen molar-refractivity contribution in [3.05, 3.63) is 88.7 Å². The molecule has 6 nitrogen and oxygen atoms in total. The molecule has 5 aromatic rings. The molecule has 0 radical (unpaired) electrons. The van der Waals surface area contributed by atoms with Gasteiger partial charge in [0.15, 0.2) is 16.7 Å². The molecule has 5 rings (SSSR count). The molecule has 0 aliphatic rings. The number of nitrogens with zero attached hydrogens (tertiary/aromatic N) is 2. The zero-order valence-electron chi connectivity index (χ0n) is 18.3. The van der Waals surface area contributed by atoms with Crippen molar-refractivity contribution in [3.8, 4) is 33.8 Å². The lowest BCUT2D eigenvalue weighted by Crippen LogP contribution is -2.08. The molecule has 0 amide bonds. The number of fused-ring (bicyclic) bond motifs is 1. The van der Waals surface area contributed by atoms with Crippen LogP contribution in [0.4, 0.5) is 4.39 Å². The monoisotopic (exact) mass is 508 g/mol. The Kier molecular flexibility index (Phi) is 5.92. The molecule has 0 bridgehead atoms. The molecule has 176 valence electrons. The number of hydrogen-bond acceptors (Lipinski definition) is 6. The molecule has 0 saturated heterocycles. The first-order valence-electron chi connectivity index (χ1n) is 10.5. The normalized spacial score (nSPS) is 11.2. The summed E-state index contributed by atoms with van der Waals surface area (Å²) in [6, 6.07) is 18.1. The predicted molar refractivity (Wildman–Crippen MR) is 134 cm³/mol. The van der Waals surface area contributed by atoms with Crippen LogP contribution in [-0.4, -0.2) is 32.7 Å². The number of rotatable bonds is 6. The summed E-state index contributed by atoms with van der Waals surface area (Å²) < 4.78 is 22.3. The highest BCUT2D eigenvalue weighted by Gasteiger charge is 2.32. The molecular weight excluding hydrogens is 491 g/mol. The fraction of sp³-hybridized carbons (Fsp3) is 0.0769. The number of Topliss-reactive ketones (excluding diaryl/α,β-unsaturated/α-hetero) is 1. The fourth-order valence-corrected chi connectivity index (χ4v) is 5.29. The summed E-state index contributed by atoms with van der Waals surface area (Å²) in [5.74, 6) is -1.94. The van der Waals surface area contributed by atoms with Crippen LogP contribution in [0.5, 0.6) is 17.4 Å². The number of hydrogen-bond donors (Lipinski definition) is 2. The zero-order chi connectivity index (χ0) is 24.7. The molecule has 0 saturated carbocycles. The van der Waals surface area contributed by atoms with Crippen molar-refractivity contribution in [1.29, 1.82) is 0 Å². The van der Waals surface area contributed by atoms with Crippen LogP contribution in [0.15, 0.2) is 66.7 Å². The molecule has 2 heterocycles. The molecular formula is C26H18ClFN2O4S. The topological polar surface area (TPSA) is 84.6 Å². The van der Waals surface area contributed by atoms with Gasteiger partial charge in [0.25, 0.3) is 0 Å². The van der Waals surface area contributed by atoms with E-state index in [0.29, 0.717) is 21.9 Å². The average molecular weight is 509 g/mol. The van der Waals surface area contributed by atoms with E-state index in [0.717, 1.165) is 4.70 Å². The van der Waals surface area contributed by atoms with Gasteiger partial charge in [0.1, 0.15) is 17.1 Å². The van der Waals surface area contributed by atoms with Gasteiger partial charge in [-0.05, 0) is 30.3 Å². The Labute approximate surface area is 208 Å². The van der Waals surface area contributed by atoms with Gasteiger partial charge in [0.05, 0.1) is 28.1 Å². The van der Waals surface area contributed by atoms with Gasteiger partial charge in [-0.3, -0.25) is 9.36 Å². The second kappa shape index (κ2) is 9.05. The Morgan fingerprint density at radius 3 is 2.57 bits per heavy atom. The fourth-order valence-electron chi connectivity index (χ4n) is 4.02. The third-order valence-electron chi connectivity index (χ3n) is 5.62. The van der Waals surface area contributed by atoms with Crippen molar-refractivity contribution in [1.82, 2.24) is 9.55 Å². The molecule has 0 atom stereocenters. The third-order valence-corrected chi connectivity index (χ3v) is 6.93. The van der Waals surface area contributed by atoms with Crippen LogP contribution >= 0.6 is 22.9 Å². The van der Waals surface area contributed by atoms with E-state index in [4.69, 9.17) is 16.3 Å². The Hall–Kier alpha value is -3.88. The van der Waals surface area contributed by atoms with Gasteiger partial charge in [-0.2, -0.15) is 0 Å². The van der Waals surface area contributed by atoms with Crippen molar-refractivity contribution in [2.24, 2.45) is 0 Å². The first-order valence-corrected chi connectivity index (χ1v) is 11.7. The van der Waals surface area contributed by atoms with Crippen molar-refractivity contribution >= 4 is 38.9 Å². The number of ketones is 1. The number of para-hydroxylation sites is 2. The Morgan fingerprint density at radius 1 is 1.09 bits per heavy atom. The Morgan fingerprint density at radius 2 is 1.83 bits per heavy atom. The van der Waals surface area contributed by atoms with E-state index >= 15 is 4.39 Å². The highest BCUT2D eigenvalue weighted by Crippen LogP contribution is 2.46. The highest BCUT2D eigenvalue weighted by atomic mass is 35.5. The Balaban J connectivity index is 1.75. The number of carbonyl (C=O) groups is 1. The lowest BCUT2D eigenvalue weighted by molar-refractivity contribution is 0.0990. The van der Waals surface area contributed by atoms with Crippen LogP contribution in [0.2, 0.25) is 5.02 Å². The second-order valence-electron chi connectivity index (χ2n) is 7.71. The molecule has 3 aromatic carbocycles. The molecule has 2 aromatic heterocycles. The molecule has 0 fully saturated rings. The van der Waals surface area contributed by atoms with Crippen LogP contribution in [0.1, 0.15) is 15.9 Å². The maximum atomic E-state index is 15.0. The summed E-state index contributed by atoms with van der Waals surface area (Å²) in [5, 5.41) is 22.5. The van der Waals surface area contributed by atoms with Gasteiger partial charge in [-0.25, -0.2) is 9.37 Å². The van der Waals surface area contributed by atoms with E-state index < -0.39 is 23.2 Å². The first kappa shape index (κ1) is 22.9. The smallest absolute Gasteiger partial charge is 0.242 e. The Bertz CT molecular complexity index is 1590.